The normalized spacial score (nSPS) is 21.4. The molecule has 36 heavy (non-hydrogen) atoms. The molecular weight excluding hydrogens is 482 g/mol. The molecule has 0 fully saturated rings. The van der Waals surface area contributed by atoms with Crippen LogP contribution in [0.4, 0.5) is 0 Å². The molecule has 7 nitrogen and oxygen atoms in total. The van der Waals surface area contributed by atoms with Gasteiger partial charge in [-0.15, -0.1) is 0 Å². The number of ketones is 2. The quantitative estimate of drug-likeness (QED) is 0.533. The van der Waals surface area contributed by atoms with Crippen LogP contribution in [0, 0.1) is 10.8 Å². The molecule has 0 radical (unpaired) electrons. The zero-order valence-corrected chi connectivity index (χ0v) is 22.5. The molecule has 0 aromatic heterocycles. The largest absolute Gasteiger partial charge is 0.493 e. The topological polar surface area (TPSA) is 93.1 Å². The van der Waals surface area contributed by atoms with Crippen LogP contribution in [-0.2, 0) is 14.4 Å². The molecule has 1 N–H and O–H groups in total. The summed E-state index contributed by atoms with van der Waals surface area (Å²) in [6.45, 7) is 10.6. The van der Waals surface area contributed by atoms with Crippen molar-refractivity contribution in [2.45, 2.75) is 66.2 Å². The first-order chi connectivity index (χ1) is 16.8. The molecule has 1 aromatic carbocycles. The van der Waals surface area contributed by atoms with E-state index in [1.165, 1.54) is 7.11 Å². The second kappa shape index (κ2) is 9.25. The number of ether oxygens (including phenoxy) is 2. The van der Waals surface area contributed by atoms with Crippen LogP contribution in [-0.4, -0.2) is 47.8 Å². The first-order valence-corrected chi connectivity index (χ1v) is 12.7. The third-order valence-electron chi connectivity index (χ3n) is 7.26. The Hall–Kier alpha value is -2.80. The third-order valence-corrected chi connectivity index (χ3v) is 7.54. The number of nitrogens with zero attached hydrogens (tertiary/aromatic N) is 1. The Morgan fingerprint density at radius 2 is 1.56 bits per heavy atom. The van der Waals surface area contributed by atoms with Crippen LogP contribution in [0.25, 0.3) is 0 Å². The fourth-order valence-corrected chi connectivity index (χ4v) is 6.22. The second-order valence-electron chi connectivity index (χ2n) is 11.5. The van der Waals surface area contributed by atoms with Gasteiger partial charge in [-0.25, -0.2) is 4.79 Å². The molecule has 1 aliphatic heterocycles. The Morgan fingerprint density at radius 1 is 1.03 bits per heavy atom. The van der Waals surface area contributed by atoms with Gasteiger partial charge in [-0.1, -0.05) is 39.3 Å². The number of benzene rings is 1. The molecule has 2 aliphatic carbocycles. The summed E-state index contributed by atoms with van der Waals surface area (Å²) in [5.41, 5.74) is 3.55. The first kappa shape index (κ1) is 26.3. The van der Waals surface area contributed by atoms with Gasteiger partial charge < -0.3 is 19.5 Å². The van der Waals surface area contributed by atoms with E-state index >= 15 is 0 Å². The Morgan fingerprint density at radius 3 is 2.00 bits per heavy atom. The van der Waals surface area contributed by atoms with Gasteiger partial charge >= 0.3 is 5.97 Å². The van der Waals surface area contributed by atoms with Crippen molar-refractivity contribution < 1.29 is 29.0 Å². The number of allylic oxidation sites excluding steroid dienone is 4. The van der Waals surface area contributed by atoms with Crippen LogP contribution in [0.3, 0.4) is 0 Å². The summed E-state index contributed by atoms with van der Waals surface area (Å²) in [4.78, 5) is 40.7. The van der Waals surface area contributed by atoms with Gasteiger partial charge in [0, 0.05) is 47.8 Å². The van der Waals surface area contributed by atoms with Crippen molar-refractivity contribution in [3.63, 3.8) is 0 Å². The van der Waals surface area contributed by atoms with Crippen molar-refractivity contribution >= 4 is 29.1 Å². The van der Waals surface area contributed by atoms with Crippen molar-refractivity contribution in [3.8, 4) is 11.5 Å². The third kappa shape index (κ3) is 4.65. The summed E-state index contributed by atoms with van der Waals surface area (Å²) in [5.74, 6) is -1.25. The molecule has 0 saturated heterocycles. The highest BCUT2D eigenvalue weighted by molar-refractivity contribution is 6.32. The van der Waals surface area contributed by atoms with Crippen molar-refractivity contribution in [2.75, 3.05) is 20.3 Å². The lowest BCUT2D eigenvalue weighted by Crippen LogP contribution is -2.44. The molecule has 0 spiro atoms. The number of carbonyl (C=O) groups is 3. The minimum absolute atomic E-state index is 0.0372. The number of hydrogen-bond acceptors (Lipinski definition) is 6. The lowest BCUT2D eigenvalue weighted by atomic mass is 9.63. The van der Waals surface area contributed by atoms with Crippen LogP contribution in [0.5, 0.6) is 11.5 Å². The summed E-state index contributed by atoms with van der Waals surface area (Å²) < 4.78 is 10.9. The first-order valence-electron chi connectivity index (χ1n) is 12.3. The van der Waals surface area contributed by atoms with E-state index in [9.17, 15) is 14.4 Å². The summed E-state index contributed by atoms with van der Waals surface area (Å²) in [5, 5.41) is 9.20. The molecule has 1 aromatic rings. The molecule has 0 atom stereocenters. The number of methoxy groups -OCH3 is 1. The van der Waals surface area contributed by atoms with Crippen LogP contribution in [0.1, 0.15) is 71.8 Å². The lowest BCUT2D eigenvalue weighted by Gasteiger charge is -2.49. The molecule has 0 unspecified atom stereocenters. The number of rotatable bonds is 6. The molecule has 3 aliphatic rings. The number of carboxylic acid groups (broad SMARTS) is 1. The molecule has 194 valence electrons. The highest BCUT2D eigenvalue weighted by Gasteiger charge is 2.48. The predicted octanol–water partition coefficient (Wildman–Crippen LogP) is 5.52. The van der Waals surface area contributed by atoms with Gasteiger partial charge in [0.1, 0.15) is 0 Å². The number of halogens is 1. The van der Waals surface area contributed by atoms with Gasteiger partial charge in [0.25, 0.3) is 0 Å². The molecule has 1 heterocycles. The van der Waals surface area contributed by atoms with Crippen LogP contribution in [0.15, 0.2) is 34.7 Å². The van der Waals surface area contributed by atoms with Crippen LogP contribution in [0.2, 0.25) is 5.02 Å². The summed E-state index contributed by atoms with van der Waals surface area (Å²) >= 11 is 6.58. The Bertz CT molecular complexity index is 1150. The van der Waals surface area contributed by atoms with E-state index in [0.29, 0.717) is 36.1 Å². The van der Waals surface area contributed by atoms with E-state index in [4.69, 9.17) is 26.2 Å². The van der Waals surface area contributed by atoms with Gasteiger partial charge in [-0.3, -0.25) is 9.59 Å². The summed E-state index contributed by atoms with van der Waals surface area (Å²) in [6, 6.07) is 3.38. The average molecular weight is 516 g/mol. The minimum Gasteiger partial charge on any atom is -0.493 e. The molecule has 0 saturated carbocycles. The maximum Gasteiger partial charge on any atom is 0.341 e. The number of Topliss-reactive ketones (excluding diaryl/α,β-unsaturated/α-hetero) is 2. The smallest absolute Gasteiger partial charge is 0.341 e. The van der Waals surface area contributed by atoms with Crippen molar-refractivity contribution in [1.29, 1.82) is 0 Å². The highest BCUT2D eigenvalue weighted by Crippen LogP contribution is 2.55. The number of carboxylic acids is 1. The van der Waals surface area contributed by atoms with E-state index < -0.39 is 18.5 Å². The van der Waals surface area contributed by atoms with Crippen molar-refractivity contribution in [2.24, 2.45) is 10.8 Å². The van der Waals surface area contributed by atoms with E-state index in [1.807, 2.05) is 0 Å². The predicted molar refractivity (Wildman–Crippen MR) is 136 cm³/mol. The van der Waals surface area contributed by atoms with Gasteiger partial charge in [0.2, 0.25) is 0 Å². The summed E-state index contributed by atoms with van der Waals surface area (Å²) in [6.07, 6.45) is 2.25. The standard InChI is InChI=1S/C28H34ClNO6/c1-7-30-17-10-27(2,3)12-19(31)24(17)23(25-18(30)11-28(4,5)13-20(25)32)15-8-16(29)26(21(9-15)35-6)36-14-22(33)34/h8-9,23H,7,10-14H2,1-6H3,(H,33,34). The summed E-state index contributed by atoms with van der Waals surface area (Å²) in [7, 11) is 1.45. The number of carbonyl (C=O) groups excluding carboxylic acids is 2. The van der Waals surface area contributed by atoms with Gasteiger partial charge in [-0.2, -0.15) is 0 Å². The minimum atomic E-state index is -1.14. The molecule has 0 bridgehead atoms. The van der Waals surface area contributed by atoms with Crippen molar-refractivity contribution in [3.05, 3.63) is 45.3 Å². The Kier molecular flexibility index (Phi) is 6.75. The van der Waals surface area contributed by atoms with E-state index in [0.717, 1.165) is 24.2 Å². The Labute approximate surface area is 217 Å². The van der Waals surface area contributed by atoms with Gasteiger partial charge in [-0.05, 0) is 48.3 Å². The SMILES string of the molecule is CCN1C2=C(C(=O)CC(C)(C)C2)C(c2cc(Cl)c(OCC(=O)O)c(OC)c2)C2=C1CC(C)(C)CC2=O. The molecule has 0 amide bonds. The molecule has 8 heteroatoms. The van der Waals surface area contributed by atoms with Gasteiger partial charge in [0.15, 0.2) is 29.7 Å². The fourth-order valence-electron chi connectivity index (χ4n) is 5.94. The van der Waals surface area contributed by atoms with Gasteiger partial charge in [0.05, 0.1) is 12.1 Å². The average Bonchev–Trinajstić information content (AvgIpc) is 2.74. The number of aliphatic carboxylic acids is 1. The fraction of sp³-hybridized carbons (Fsp3) is 0.536. The monoisotopic (exact) mass is 515 g/mol. The lowest BCUT2D eigenvalue weighted by molar-refractivity contribution is -0.139. The molecule has 4 rings (SSSR count). The second-order valence-corrected chi connectivity index (χ2v) is 11.9. The Balaban J connectivity index is 1.96. The van der Waals surface area contributed by atoms with E-state index in [2.05, 4.69) is 39.5 Å². The van der Waals surface area contributed by atoms with Crippen LogP contribution >= 0.6 is 11.6 Å². The van der Waals surface area contributed by atoms with Crippen molar-refractivity contribution in [1.82, 2.24) is 4.90 Å². The highest BCUT2D eigenvalue weighted by atomic mass is 35.5. The van der Waals surface area contributed by atoms with E-state index in [-0.39, 0.29) is 38.9 Å². The van der Waals surface area contributed by atoms with E-state index in [1.54, 1.807) is 12.1 Å². The van der Waals surface area contributed by atoms with Crippen LogP contribution < -0.4 is 9.47 Å². The zero-order valence-electron chi connectivity index (χ0n) is 21.8. The molecular formula is C28H34ClNO6. The zero-order chi connectivity index (χ0) is 26.6. The number of hydrogen-bond donors (Lipinski definition) is 1. The maximum atomic E-state index is 13.7. The maximum absolute atomic E-state index is 13.7.